The third kappa shape index (κ3) is 3.73. The number of β-amino-alcohol motifs (C(OH)–C–C–N with tert-alkyl or cyclic N) is 1. The van der Waals surface area contributed by atoms with Gasteiger partial charge in [0.05, 0.1) is 6.61 Å². The zero-order valence-electron chi connectivity index (χ0n) is 6.19. The average molecular weight is 152 g/mol. The minimum Gasteiger partial charge on any atom is -0.395 e. The Hall–Kier alpha value is 0.210. The van der Waals surface area contributed by atoms with Gasteiger partial charge in [-0.15, -0.1) is 0 Å². The molecule has 56 valence electrons. The second-order valence-corrected chi connectivity index (χ2v) is 3.39. The SMILES string of the molecule is CC(C)(C)N(Cl)CCO. The molecule has 3 heteroatoms. The molecule has 0 aliphatic carbocycles. The van der Waals surface area contributed by atoms with Crippen LogP contribution in [0.25, 0.3) is 0 Å². The summed E-state index contributed by atoms with van der Waals surface area (Å²) in [4.78, 5) is 0. The maximum Gasteiger partial charge on any atom is 0.0571 e. The molecule has 0 aliphatic heterocycles. The average Bonchev–Trinajstić information content (AvgIpc) is 1.64. The summed E-state index contributed by atoms with van der Waals surface area (Å²) in [7, 11) is 0. The molecular weight excluding hydrogens is 138 g/mol. The number of aliphatic hydroxyl groups is 1. The van der Waals surface area contributed by atoms with Crippen molar-refractivity contribution in [1.29, 1.82) is 0 Å². The van der Waals surface area contributed by atoms with Gasteiger partial charge in [0.2, 0.25) is 0 Å². The van der Waals surface area contributed by atoms with Crippen molar-refractivity contribution < 1.29 is 5.11 Å². The van der Waals surface area contributed by atoms with Gasteiger partial charge in [-0.1, -0.05) is 0 Å². The van der Waals surface area contributed by atoms with Gasteiger partial charge in [0.15, 0.2) is 0 Å². The minimum atomic E-state index is -0.0513. The zero-order chi connectivity index (χ0) is 7.49. The van der Waals surface area contributed by atoms with Crippen molar-refractivity contribution in [2.24, 2.45) is 0 Å². The van der Waals surface area contributed by atoms with E-state index in [-0.39, 0.29) is 12.1 Å². The highest BCUT2D eigenvalue weighted by atomic mass is 35.5. The molecule has 0 bridgehead atoms. The highest BCUT2D eigenvalue weighted by Gasteiger charge is 2.17. The van der Waals surface area contributed by atoms with Gasteiger partial charge in [-0.2, -0.15) is 0 Å². The molecule has 0 heterocycles. The molecular formula is C6H14ClNO. The molecule has 1 N–H and O–H groups in total. The Labute approximate surface area is 61.5 Å². The summed E-state index contributed by atoms with van der Waals surface area (Å²) >= 11 is 5.73. The van der Waals surface area contributed by atoms with Crippen LogP contribution in [0, 0.1) is 0 Å². The Morgan fingerprint density at radius 2 is 1.89 bits per heavy atom. The van der Waals surface area contributed by atoms with Crippen LogP contribution in [0.1, 0.15) is 20.8 Å². The van der Waals surface area contributed by atoms with E-state index in [2.05, 4.69) is 0 Å². The van der Waals surface area contributed by atoms with Crippen LogP contribution in [0.4, 0.5) is 0 Å². The third-order valence-corrected chi connectivity index (χ3v) is 1.70. The lowest BCUT2D eigenvalue weighted by atomic mass is 10.1. The van der Waals surface area contributed by atoms with Crippen molar-refractivity contribution in [3.8, 4) is 0 Å². The lowest BCUT2D eigenvalue weighted by Crippen LogP contribution is -2.35. The van der Waals surface area contributed by atoms with E-state index in [0.29, 0.717) is 6.54 Å². The summed E-state index contributed by atoms with van der Waals surface area (Å²) in [5.41, 5.74) is -0.0513. The van der Waals surface area contributed by atoms with E-state index < -0.39 is 0 Å². The summed E-state index contributed by atoms with van der Waals surface area (Å²) < 4.78 is 1.59. The second-order valence-electron chi connectivity index (χ2n) is 2.98. The van der Waals surface area contributed by atoms with Crippen LogP contribution in [0.3, 0.4) is 0 Å². The number of hydrogen-bond acceptors (Lipinski definition) is 2. The van der Waals surface area contributed by atoms with Gasteiger partial charge in [0.1, 0.15) is 0 Å². The summed E-state index contributed by atoms with van der Waals surface area (Å²) in [5.74, 6) is 0. The van der Waals surface area contributed by atoms with Gasteiger partial charge in [0.25, 0.3) is 0 Å². The van der Waals surface area contributed by atoms with Crippen LogP contribution >= 0.6 is 11.8 Å². The molecule has 9 heavy (non-hydrogen) atoms. The molecule has 0 aromatic heterocycles. The highest BCUT2D eigenvalue weighted by Crippen LogP contribution is 2.14. The lowest BCUT2D eigenvalue weighted by molar-refractivity contribution is 0.196. The molecule has 0 aromatic rings. The first-order valence-corrected chi connectivity index (χ1v) is 3.36. The van der Waals surface area contributed by atoms with Gasteiger partial charge in [-0.3, -0.25) is 0 Å². The predicted molar refractivity (Wildman–Crippen MR) is 39.4 cm³/mol. The summed E-state index contributed by atoms with van der Waals surface area (Å²) in [5, 5.41) is 8.47. The Bertz CT molecular complexity index is 79.6. The van der Waals surface area contributed by atoms with Crippen LogP contribution in [0.5, 0.6) is 0 Å². The topological polar surface area (TPSA) is 23.5 Å². The Morgan fingerprint density at radius 3 is 2.00 bits per heavy atom. The number of hydrogen-bond donors (Lipinski definition) is 1. The van der Waals surface area contributed by atoms with Crippen molar-refractivity contribution in [3.05, 3.63) is 0 Å². The first-order chi connectivity index (χ1) is 3.98. The predicted octanol–water partition coefficient (Wildman–Crippen LogP) is 1.23. The molecule has 0 fully saturated rings. The van der Waals surface area contributed by atoms with Gasteiger partial charge < -0.3 is 5.11 Å². The fourth-order valence-corrected chi connectivity index (χ4v) is 0.499. The van der Waals surface area contributed by atoms with Crippen LogP contribution < -0.4 is 0 Å². The van der Waals surface area contributed by atoms with E-state index in [9.17, 15) is 0 Å². The van der Waals surface area contributed by atoms with Gasteiger partial charge in [0, 0.05) is 12.1 Å². The fraction of sp³-hybridized carbons (Fsp3) is 1.00. The summed E-state index contributed by atoms with van der Waals surface area (Å²) in [6.45, 7) is 6.62. The van der Waals surface area contributed by atoms with E-state index in [1.54, 1.807) is 4.42 Å². The van der Waals surface area contributed by atoms with E-state index >= 15 is 0 Å². The van der Waals surface area contributed by atoms with Crippen LogP contribution in [0.2, 0.25) is 0 Å². The van der Waals surface area contributed by atoms with Crippen molar-refractivity contribution in [1.82, 2.24) is 4.42 Å². The first kappa shape index (κ1) is 9.21. The van der Waals surface area contributed by atoms with E-state index in [1.165, 1.54) is 0 Å². The smallest absolute Gasteiger partial charge is 0.0571 e. The Kier molecular flexibility index (Phi) is 3.48. The fourth-order valence-electron chi connectivity index (χ4n) is 0.423. The van der Waals surface area contributed by atoms with Crippen molar-refractivity contribution in [2.45, 2.75) is 26.3 Å². The van der Waals surface area contributed by atoms with E-state index in [1.807, 2.05) is 20.8 Å². The Morgan fingerprint density at radius 1 is 1.44 bits per heavy atom. The molecule has 0 saturated heterocycles. The van der Waals surface area contributed by atoms with Crippen LogP contribution in [-0.4, -0.2) is 28.2 Å². The summed E-state index contributed by atoms with van der Waals surface area (Å²) in [6, 6.07) is 0. The lowest BCUT2D eigenvalue weighted by Gasteiger charge is -2.27. The van der Waals surface area contributed by atoms with Crippen molar-refractivity contribution in [3.63, 3.8) is 0 Å². The number of halogens is 1. The van der Waals surface area contributed by atoms with Crippen molar-refractivity contribution >= 4 is 11.8 Å². The molecule has 2 nitrogen and oxygen atoms in total. The standard InChI is InChI=1S/C6H14ClNO/c1-6(2,3)8(7)4-5-9/h9H,4-5H2,1-3H3. The largest absolute Gasteiger partial charge is 0.395 e. The van der Waals surface area contributed by atoms with Gasteiger partial charge in [-0.25, -0.2) is 4.42 Å². The molecule has 0 unspecified atom stereocenters. The second kappa shape index (κ2) is 3.40. The van der Waals surface area contributed by atoms with E-state index in [4.69, 9.17) is 16.9 Å². The maximum atomic E-state index is 8.47. The van der Waals surface area contributed by atoms with Crippen molar-refractivity contribution in [2.75, 3.05) is 13.2 Å². The number of nitrogens with zero attached hydrogens (tertiary/aromatic N) is 1. The van der Waals surface area contributed by atoms with Crippen LogP contribution in [-0.2, 0) is 0 Å². The van der Waals surface area contributed by atoms with Gasteiger partial charge in [-0.05, 0) is 32.5 Å². The number of rotatable bonds is 2. The quantitative estimate of drug-likeness (QED) is 0.601. The molecule has 0 rings (SSSR count). The molecule has 0 spiro atoms. The molecule has 0 aliphatic rings. The first-order valence-electron chi connectivity index (χ1n) is 3.03. The Balaban J connectivity index is 3.59. The summed E-state index contributed by atoms with van der Waals surface area (Å²) in [6.07, 6.45) is 0. The van der Waals surface area contributed by atoms with Crippen LogP contribution in [0.15, 0.2) is 0 Å². The zero-order valence-corrected chi connectivity index (χ0v) is 6.94. The van der Waals surface area contributed by atoms with Gasteiger partial charge >= 0.3 is 0 Å². The minimum absolute atomic E-state index is 0.0513. The molecule has 0 radical (unpaired) electrons. The molecule has 0 aromatic carbocycles. The normalized spacial score (nSPS) is 12.7. The third-order valence-electron chi connectivity index (χ3n) is 1.02. The molecule has 0 amide bonds. The highest BCUT2D eigenvalue weighted by molar-refractivity contribution is 6.13. The maximum absolute atomic E-state index is 8.47. The number of aliphatic hydroxyl groups excluding tert-OH is 1. The molecule has 0 saturated carbocycles. The van der Waals surface area contributed by atoms with E-state index in [0.717, 1.165) is 0 Å². The molecule has 0 atom stereocenters. The monoisotopic (exact) mass is 151 g/mol.